The van der Waals surface area contributed by atoms with Gasteiger partial charge in [0.1, 0.15) is 23.3 Å². The van der Waals surface area contributed by atoms with Gasteiger partial charge in [0, 0.05) is 48.1 Å². The van der Waals surface area contributed by atoms with Crippen LogP contribution in [-0.4, -0.2) is 43.8 Å². The summed E-state index contributed by atoms with van der Waals surface area (Å²) in [4.78, 5) is 34.1. The number of carbonyl (C=O) groups is 1. The Bertz CT molecular complexity index is 1120. The summed E-state index contributed by atoms with van der Waals surface area (Å²) >= 11 is 0. The molecule has 8 heteroatoms. The molecule has 2 aliphatic rings. The monoisotopic (exact) mass is 434 g/mol. The number of piperidine rings is 1. The highest BCUT2D eigenvalue weighted by atomic mass is 19.1. The molecule has 3 aromatic rings. The number of aromatic nitrogens is 4. The number of nitrogens with one attached hydrogen (secondary N) is 1. The quantitative estimate of drug-likeness (QED) is 0.665. The number of likely N-dealkylation sites (tertiary alicyclic amines) is 1. The number of anilines is 1. The third-order valence-corrected chi connectivity index (χ3v) is 6.44. The van der Waals surface area contributed by atoms with E-state index in [4.69, 9.17) is 9.97 Å². The van der Waals surface area contributed by atoms with Crippen LogP contribution in [0.25, 0.3) is 0 Å². The summed E-state index contributed by atoms with van der Waals surface area (Å²) < 4.78 is 14.3. The molecule has 1 fully saturated rings. The zero-order valence-corrected chi connectivity index (χ0v) is 18.2. The van der Waals surface area contributed by atoms with Gasteiger partial charge in [-0.25, -0.2) is 19.3 Å². The molecule has 1 aromatic carbocycles. The van der Waals surface area contributed by atoms with Crippen molar-refractivity contribution in [2.24, 2.45) is 0 Å². The first-order chi connectivity index (χ1) is 15.6. The number of fused-ring (bicyclic) bond motifs is 1. The number of rotatable bonds is 5. The molecule has 7 nitrogen and oxygen atoms in total. The van der Waals surface area contributed by atoms with Crippen molar-refractivity contribution >= 4 is 11.7 Å². The maximum Gasteiger partial charge on any atom is 0.228 e. The summed E-state index contributed by atoms with van der Waals surface area (Å²) in [6, 6.07) is 6.60. The van der Waals surface area contributed by atoms with E-state index in [1.54, 1.807) is 29.3 Å². The SMILES string of the molecule is Cc1nc([C@@H]2CCCN(Cc3ncc[nH]3)C2)nc2c1CCC(=O)N2Cc1ccccc1F. The number of imidazole rings is 1. The van der Waals surface area contributed by atoms with E-state index in [0.717, 1.165) is 55.4 Å². The molecule has 0 aliphatic carbocycles. The lowest BCUT2D eigenvalue weighted by Gasteiger charge is -2.33. The molecule has 1 atom stereocenters. The molecule has 2 aliphatic heterocycles. The molecule has 1 N–H and O–H groups in total. The van der Waals surface area contributed by atoms with E-state index >= 15 is 0 Å². The van der Waals surface area contributed by atoms with E-state index in [1.165, 1.54) is 6.07 Å². The second-order valence-corrected chi connectivity index (χ2v) is 8.65. The van der Waals surface area contributed by atoms with Crippen molar-refractivity contribution in [3.63, 3.8) is 0 Å². The summed E-state index contributed by atoms with van der Waals surface area (Å²) in [5.74, 6) is 2.24. The Morgan fingerprint density at radius 2 is 2.06 bits per heavy atom. The molecule has 5 rings (SSSR count). The highest BCUT2D eigenvalue weighted by molar-refractivity contribution is 5.95. The highest BCUT2D eigenvalue weighted by Crippen LogP contribution is 2.33. The number of nitrogens with zero attached hydrogens (tertiary/aromatic N) is 5. The van der Waals surface area contributed by atoms with Crippen molar-refractivity contribution in [2.45, 2.75) is 51.6 Å². The Labute approximate surface area is 186 Å². The Balaban J connectivity index is 1.43. The zero-order chi connectivity index (χ0) is 22.1. The summed E-state index contributed by atoms with van der Waals surface area (Å²) in [5, 5.41) is 0. The maximum atomic E-state index is 14.3. The fourth-order valence-electron chi connectivity index (χ4n) is 4.75. The molecule has 0 spiro atoms. The minimum absolute atomic E-state index is 0.0205. The summed E-state index contributed by atoms with van der Waals surface area (Å²) in [6.07, 6.45) is 6.70. The molecule has 0 unspecified atom stereocenters. The van der Waals surface area contributed by atoms with Gasteiger partial charge in [-0.3, -0.25) is 14.6 Å². The van der Waals surface area contributed by atoms with Gasteiger partial charge in [-0.15, -0.1) is 0 Å². The number of aromatic amines is 1. The van der Waals surface area contributed by atoms with Crippen LogP contribution in [0.2, 0.25) is 0 Å². The molecule has 32 heavy (non-hydrogen) atoms. The third-order valence-electron chi connectivity index (χ3n) is 6.44. The van der Waals surface area contributed by atoms with E-state index < -0.39 is 0 Å². The highest BCUT2D eigenvalue weighted by Gasteiger charge is 2.31. The lowest BCUT2D eigenvalue weighted by atomic mass is 9.96. The summed E-state index contributed by atoms with van der Waals surface area (Å²) in [6.45, 7) is 4.80. The molecule has 0 bridgehead atoms. The first-order valence-electron chi connectivity index (χ1n) is 11.2. The van der Waals surface area contributed by atoms with Gasteiger partial charge >= 0.3 is 0 Å². The molecular formula is C24H27FN6O. The van der Waals surface area contributed by atoms with Crippen LogP contribution in [0.4, 0.5) is 10.2 Å². The van der Waals surface area contributed by atoms with E-state index in [0.29, 0.717) is 24.2 Å². The molecule has 1 amide bonds. The third kappa shape index (κ3) is 4.14. The number of carbonyl (C=O) groups excluding carboxylic acids is 1. The second-order valence-electron chi connectivity index (χ2n) is 8.65. The second kappa shape index (κ2) is 8.78. The number of halogens is 1. The number of benzene rings is 1. The predicted octanol–water partition coefficient (Wildman–Crippen LogP) is 3.51. The largest absolute Gasteiger partial charge is 0.348 e. The van der Waals surface area contributed by atoms with Gasteiger partial charge in [-0.2, -0.15) is 0 Å². The molecule has 166 valence electrons. The summed E-state index contributed by atoms with van der Waals surface area (Å²) in [5.41, 5.74) is 2.40. The molecular weight excluding hydrogens is 407 g/mol. The van der Waals surface area contributed by atoms with Crippen LogP contribution in [0.3, 0.4) is 0 Å². The van der Waals surface area contributed by atoms with Crippen LogP contribution < -0.4 is 4.90 Å². The van der Waals surface area contributed by atoms with Gasteiger partial charge in [-0.05, 0) is 38.8 Å². The molecule has 0 radical (unpaired) electrons. The number of hydrogen-bond acceptors (Lipinski definition) is 5. The Morgan fingerprint density at radius 3 is 2.88 bits per heavy atom. The molecule has 2 aromatic heterocycles. The fraction of sp³-hybridized carbons (Fsp3) is 0.417. The van der Waals surface area contributed by atoms with E-state index in [9.17, 15) is 9.18 Å². The number of aryl methyl sites for hydroxylation is 1. The fourth-order valence-corrected chi connectivity index (χ4v) is 4.75. The van der Waals surface area contributed by atoms with Gasteiger partial charge in [0.2, 0.25) is 5.91 Å². The van der Waals surface area contributed by atoms with Crippen LogP contribution in [-0.2, 0) is 24.3 Å². The van der Waals surface area contributed by atoms with Crippen molar-refractivity contribution in [1.29, 1.82) is 0 Å². The van der Waals surface area contributed by atoms with Gasteiger partial charge in [0.25, 0.3) is 0 Å². The Kier molecular flexibility index (Phi) is 5.70. The van der Waals surface area contributed by atoms with E-state index in [-0.39, 0.29) is 24.2 Å². The average Bonchev–Trinajstić information content (AvgIpc) is 3.30. The van der Waals surface area contributed by atoms with Crippen LogP contribution in [0.1, 0.15) is 53.7 Å². The van der Waals surface area contributed by atoms with Gasteiger partial charge in [0.15, 0.2) is 0 Å². The first kappa shape index (κ1) is 20.8. The Hall–Kier alpha value is -3.13. The first-order valence-corrected chi connectivity index (χ1v) is 11.2. The number of hydrogen-bond donors (Lipinski definition) is 1. The standard InChI is InChI=1S/C24H27FN6O/c1-16-19-8-9-22(32)31(14-17-5-2-3-7-20(17)25)24(19)29-23(28-16)18-6-4-12-30(13-18)15-21-26-10-11-27-21/h2-3,5,7,10-11,18H,4,6,8-9,12-15H2,1H3,(H,26,27)/t18-/m1/s1. The van der Waals surface area contributed by atoms with Crippen molar-refractivity contribution in [3.05, 3.63) is 70.9 Å². The van der Waals surface area contributed by atoms with Gasteiger partial charge in [-0.1, -0.05) is 18.2 Å². The number of amides is 1. The van der Waals surface area contributed by atoms with Gasteiger partial charge < -0.3 is 4.98 Å². The number of H-pyrrole nitrogens is 1. The average molecular weight is 435 g/mol. The lowest BCUT2D eigenvalue weighted by Crippen LogP contribution is -2.38. The van der Waals surface area contributed by atoms with E-state index in [2.05, 4.69) is 14.9 Å². The zero-order valence-electron chi connectivity index (χ0n) is 18.2. The normalized spacial score (nSPS) is 19.2. The topological polar surface area (TPSA) is 78.0 Å². The van der Waals surface area contributed by atoms with Crippen molar-refractivity contribution in [2.75, 3.05) is 18.0 Å². The van der Waals surface area contributed by atoms with Gasteiger partial charge in [0.05, 0.1) is 13.1 Å². The lowest BCUT2D eigenvalue weighted by molar-refractivity contribution is -0.119. The minimum Gasteiger partial charge on any atom is -0.348 e. The molecule has 0 saturated carbocycles. The molecule has 1 saturated heterocycles. The maximum absolute atomic E-state index is 14.3. The van der Waals surface area contributed by atoms with Crippen LogP contribution >= 0.6 is 0 Å². The smallest absolute Gasteiger partial charge is 0.228 e. The van der Waals surface area contributed by atoms with Crippen molar-refractivity contribution in [3.8, 4) is 0 Å². The van der Waals surface area contributed by atoms with Crippen LogP contribution in [0.15, 0.2) is 36.7 Å². The van der Waals surface area contributed by atoms with Crippen molar-refractivity contribution in [1.82, 2.24) is 24.8 Å². The van der Waals surface area contributed by atoms with Crippen LogP contribution in [0, 0.1) is 12.7 Å². The van der Waals surface area contributed by atoms with Crippen LogP contribution in [0.5, 0.6) is 0 Å². The molecule has 4 heterocycles. The van der Waals surface area contributed by atoms with Crippen molar-refractivity contribution < 1.29 is 9.18 Å². The predicted molar refractivity (Wildman–Crippen MR) is 119 cm³/mol. The Morgan fingerprint density at radius 1 is 1.19 bits per heavy atom. The van der Waals surface area contributed by atoms with E-state index in [1.807, 2.05) is 13.1 Å². The minimum atomic E-state index is -0.306. The summed E-state index contributed by atoms with van der Waals surface area (Å²) in [7, 11) is 0.